The predicted octanol–water partition coefficient (Wildman–Crippen LogP) is 1.01. The zero-order valence-corrected chi connectivity index (χ0v) is 26.5. The van der Waals surface area contributed by atoms with E-state index in [9.17, 15) is 24.3 Å². The molecule has 0 radical (unpaired) electrons. The summed E-state index contributed by atoms with van der Waals surface area (Å²) >= 11 is 0. The fourth-order valence-electron chi connectivity index (χ4n) is 5.43. The second-order valence-electron chi connectivity index (χ2n) is 11.9. The molecule has 3 amide bonds. The number of carboxylic acid groups (broad SMARTS) is 1. The predicted molar refractivity (Wildman–Crippen MR) is 180 cm³/mol. The molecule has 4 atom stereocenters. The third-order valence-corrected chi connectivity index (χ3v) is 8.00. The molecule has 4 aromatic rings. The van der Waals surface area contributed by atoms with E-state index in [1.54, 1.807) is 26.2 Å². The first kappa shape index (κ1) is 34.5. The summed E-state index contributed by atoms with van der Waals surface area (Å²) in [7, 11) is 0. The van der Waals surface area contributed by atoms with Gasteiger partial charge < -0.3 is 48.2 Å². The number of nitrogens with one attached hydrogen (secondary N) is 5. The van der Waals surface area contributed by atoms with Crippen molar-refractivity contribution in [3.8, 4) is 0 Å². The van der Waals surface area contributed by atoms with Crippen molar-refractivity contribution in [3.05, 3.63) is 72.1 Å². The minimum absolute atomic E-state index is 0.0319. The summed E-state index contributed by atoms with van der Waals surface area (Å²) in [4.78, 5) is 62.9. The van der Waals surface area contributed by atoms with Gasteiger partial charge in [0.2, 0.25) is 17.7 Å². The summed E-state index contributed by atoms with van der Waals surface area (Å²) in [5, 5.41) is 19.8. The molecule has 12 N–H and O–H groups in total. The minimum atomic E-state index is -1.25. The molecule has 0 saturated carbocycles. The van der Waals surface area contributed by atoms with E-state index in [4.69, 9.17) is 17.2 Å². The highest BCUT2D eigenvalue weighted by molar-refractivity contribution is 5.95. The zero-order chi connectivity index (χ0) is 34.1. The van der Waals surface area contributed by atoms with Crippen LogP contribution in [-0.2, 0) is 32.0 Å². The minimum Gasteiger partial charge on any atom is -0.480 e. The van der Waals surface area contributed by atoms with Gasteiger partial charge in [-0.15, -0.1) is 0 Å². The number of benzene rings is 2. The second kappa shape index (κ2) is 15.8. The van der Waals surface area contributed by atoms with Gasteiger partial charge in [-0.1, -0.05) is 50.2 Å². The van der Waals surface area contributed by atoms with Crippen molar-refractivity contribution in [2.75, 3.05) is 6.54 Å². The summed E-state index contributed by atoms with van der Waals surface area (Å²) in [5.74, 6) is -3.51. The standard InChI is InChI=1S/C33H43N9O5/c1-18(2)28(31(45)41-27(32(46)47)15-20-17-39-25-12-6-4-9-22(20)25)42-30(44)26(14-19-16-38-24-11-5-3-8-21(19)24)40-29(43)23(34)10-7-13-37-33(35)36/h3-6,8-9,11-12,16-18,23,26-28,38-39H,7,10,13-15,34H2,1-2H3,(H,40,43)(H,41,45)(H,42,44)(H,46,47)(H4,35,36,37). The number of nitrogens with zero attached hydrogens (tertiary/aromatic N) is 1. The van der Waals surface area contributed by atoms with Crippen LogP contribution in [0.3, 0.4) is 0 Å². The molecule has 0 aliphatic carbocycles. The number of H-pyrrole nitrogens is 2. The van der Waals surface area contributed by atoms with Crippen LogP contribution in [0.15, 0.2) is 65.9 Å². The Hall–Kier alpha value is -5.37. The molecule has 2 aromatic heterocycles. The number of carboxylic acids is 1. The summed E-state index contributed by atoms with van der Waals surface area (Å²) in [5.41, 5.74) is 20.1. The number of carbonyl (C=O) groups excluding carboxylic acids is 3. The van der Waals surface area contributed by atoms with Crippen LogP contribution < -0.4 is 33.2 Å². The Bertz CT molecular complexity index is 1740. The first-order valence-corrected chi connectivity index (χ1v) is 15.5. The van der Waals surface area contributed by atoms with E-state index < -0.39 is 53.8 Å². The van der Waals surface area contributed by atoms with Gasteiger partial charge in [-0.25, -0.2) is 4.79 Å². The second-order valence-corrected chi connectivity index (χ2v) is 11.9. The van der Waals surface area contributed by atoms with Crippen molar-refractivity contribution in [1.29, 1.82) is 0 Å². The van der Waals surface area contributed by atoms with Gasteiger partial charge in [0.25, 0.3) is 0 Å². The molecule has 2 heterocycles. The highest BCUT2D eigenvalue weighted by Gasteiger charge is 2.32. The Morgan fingerprint density at radius 1 is 0.787 bits per heavy atom. The average Bonchev–Trinajstić information content (AvgIpc) is 3.64. The Kier molecular flexibility index (Phi) is 11.6. The number of hydrogen-bond donors (Lipinski definition) is 9. The number of rotatable bonds is 16. The summed E-state index contributed by atoms with van der Waals surface area (Å²) in [6, 6.07) is 10.6. The highest BCUT2D eigenvalue weighted by Crippen LogP contribution is 2.21. The normalized spacial score (nSPS) is 13.9. The Labute approximate surface area is 271 Å². The number of fused-ring (bicyclic) bond motifs is 2. The molecule has 2 aromatic carbocycles. The number of carbonyl (C=O) groups is 4. The lowest BCUT2D eigenvalue weighted by molar-refractivity contribution is -0.142. The Balaban J connectivity index is 1.50. The summed E-state index contributed by atoms with van der Waals surface area (Å²) in [6.07, 6.45) is 4.34. The number of aromatic nitrogens is 2. The molecule has 0 aliphatic rings. The van der Waals surface area contributed by atoms with Crippen LogP contribution >= 0.6 is 0 Å². The molecular weight excluding hydrogens is 602 g/mol. The number of aromatic amines is 2. The van der Waals surface area contributed by atoms with Gasteiger partial charge in [0, 0.05) is 53.6 Å². The molecule has 0 bridgehead atoms. The van der Waals surface area contributed by atoms with Gasteiger partial charge in [0.05, 0.1) is 6.04 Å². The SMILES string of the molecule is CC(C)C(NC(=O)C(Cc1c[nH]c2ccccc12)NC(=O)C(N)CCCN=C(N)N)C(=O)NC(Cc1c[nH]c2ccccc12)C(=O)O. The molecule has 14 nitrogen and oxygen atoms in total. The number of amides is 3. The smallest absolute Gasteiger partial charge is 0.326 e. The molecule has 4 unspecified atom stereocenters. The van der Waals surface area contributed by atoms with Crippen LogP contribution in [0, 0.1) is 5.92 Å². The molecular formula is C33H43N9O5. The number of nitrogens with two attached hydrogens (primary N) is 3. The highest BCUT2D eigenvalue weighted by atomic mass is 16.4. The lowest BCUT2D eigenvalue weighted by Gasteiger charge is -2.27. The number of para-hydroxylation sites is 2. The fourth-order valence-corrected chi connectivity index (χ4v) is 5.43. The molecule has 0 spiro atoms. The van der Waals surface area contributed by atoms with Gasteiger partial charge in [-0.3, -0.25) is 19.4 Å². The largest absolute Gasteiger partial charge is 0.480 e. The molecule has 47 heavy (non-hydrogen) atoms. The van der Waals surface area contributed by atoms with Crippen molar-refractivity contribution in [2.24, 2.45) is 28.1 Å². The lowest BCUT2D eigenvalue weighted by atomic mass is 9.99. The number of aliphatic carboxylic acids is 1. The summed E-state index contributed by atoms with van der Waals surface area (Å²) in [6.45, 7) is 3.77. The summed E-state index contributed by atoms with van der Waals surface area (Å²) < 4.78 is 0. The molecule has 0 fully saturated rings. The molecule has 250 valence electrons. The molecule has 0 saturated heterocycles. The van der Waals surface area contributed by atoms with E-state index in [1.807, 2.05) is 48.5 Å². The quantitative estimate of drug-likeness (QED) is 0.0482. The van der Waals surface area contributed by atoms with Gasteiger partial charge in [0.1, 0.15) is 18.1 Å². The van der Waals surface area contributed by atoms with Crippen LogP contribution in [0.1, 0.15) is 37.8 Å². The number of guanidine groups is 1. The average molecular weight is 646 g/mol. The van der Waals surface area contributed by atoms with Crippen molar-refractivity contribution >= 4 is 51.5 Å². The van der Waals surface area contributed by atoms with E-state index in [-0.39, 0.29) is 25.2 Å². The van der Waals surface area contributed by atoms with Crippen molar-refractivity contribution < 1.29 is 24.3 Å². The van der Waals surface area contributed by atoms with Crippen LogP contribution in [-0.4, -0.2) is 75.4 Å². The van der Waals surface area contributed by atoms with Crippen LogP contribution in [0.2, 0.25) is 0 Å². The first-order valence-electron chi connectivity index (χ1n) is 15.5. The van der Waals surface area contributed by atoms with Crippen molar-refractivity contribution in [1.82, 2.24) is 25.9 Å². The topological polar surface area (TPSA) is 247 Å². The number of aliphatic imine (C=N–C) groups is 1. The molecule has 14 heteroatoms. The Morgan fingerprint density at radius 3 is 1.85 bits per heavy atom. The maximum absolute atomic E-state index is 13.8. The zero-order valence-electron chi connectivity index (χ0n) is 26.5. The third kappa shape index (κ3) is 9.10. The fraction of sp³-hybridized carbons (Fsp3) is 0.364. The van der Waals surface area contributed by atoms with E-state index in [0.29, 0.717) is 13.0 Å². The van der Waals surface area contributed by atoms with Gasteiger partial charge >= 0.3 is 5.97 Å². The third-order valence-electron chi connectivity index (χ3n) is 8.00. The van der Waals surface area contributed by atoms with Gasteiger partial charge in [-0.2, -0.15) is 0 Å². The molecule has 0 aliphatic heterocycles. The molecule has 4 rings (SSSR count). The van der Waals surface area contributed by atoms with Crippen molar-refractivity contribution in [2.45, 2.75) is 63.7 Å². The van der Waals surface area contributed by atoms with Crippen LogP contribution in [0.5, 0.6) is 0 Å². The van der Waals surface area contributed by atoms with Crippen LogP contribution in [0.25, 0.3) is 21.8 Å². The Morgan fingerprint density at radius 2 is 1.32 bits per heavy atom. The maximum atomic E-state index is 13.8. The van der Waals surface area contributed by atoms with Crippen molar-refractivity contribution in [3.63, 3.8) is 0 Å². The van der Waals surface area contributed by atoms with Crippen LogP contribution in [0.4, 0.5) is 0 Å². The lowest BCUT2D eigenvalue weighted by Crippen LogP contribution is -2.59. The maximum Gasteiger partial charge on any atom is 0.326 e. The van der Waals surface area contributed by atoms with E-state index in [0.717, 1.165) is 32.9 Å². The number of hydrogen-bond acceptors (Lipinski definition) is 6. The van der Waals surface area contributed by atoms with E-state index in [1.165, 1.54) is 0 Å². The van der Waals surface area contributed by atoms with Gasteiger partial charge in [0.15, 0.2) is 5.96 Å². The monoisotopic (exact) mass is 645 g/mol. The van der Waals surface area contributed by atoms with E-state index in [2.05, 4.69) is 30.9 Å². The van der Waals surface area contributed by atoms with E-state index >= 15 is 0 Å². The first-order chi connectivity index (χ1) is 22.4. The van der Waals surface area contributed by atoms with Gasteiger partial charge in [-0.05, 0) is 42.0 Å².